The van der Waals surface area contributed by atoms with Gasteiger partial charge < -0.3 is 19.7 Å². The van der Waals surface area contributed by atoms with Crippen molar-refractivity contribution < 1.29 is 19.2 Å². The highest BCUT2D eigenvalue weighted by Crippen LogP contribution is 2.25. The Morgan fingerprint density at radius 2 is 1.89 bits per heavy atom. The van der Waals surface area contributed by atoms with Gasteiger partial charge in [-0.25, -0.2) is 0 Å². The fourth-order valence-electron chi connectivity index (χ4n) is 2.77. The van der Waals surface area contributed by atoms with Crippen LogP contribution in [0.4, 0.5) is 5.69 Å². The SMILES string of the molecule is COc1ccccc1NC(=O)Cc1noc(C(C)(O)CCc2ccccc2)n1. The molecule has 0 saturated heterocycles. The maximum Gasteiger partial charge on any atom is 0.258 e. The summed E-state index contributed by atoms with van der Waals surface area (Å²) in [7, 11) is 1.54. The minimum Gasteiger partial charge on any atom is -0.495 e. The molecule has 0 spiro atoms. The standard InChI is InChI=1S/C21H23N3O4/c1-21(26,13-12-15-8-4-3-5-9-15)20-23-18(24-28-20)14-19(25)22-16-10-6-7-11-17(16)27-2/h3-11,26H,12-14H2,1-2H3,(H,22,25). The number of nitrogens with one attached hydrogen (secondary N) is 1. The number of ether oxygens (including phenoxy) is 1. The molecule has 7 nitrogen and oxygen atoms in total. The van der Waals surface area contributed by atoms with Crippen LogP contribution in [-0.2, 0) is 23.2 Å². The molecule has 28 heavy (non-hydrogen) atoms. The topological polar surface area (TPSA) is 97.5 Å². The number of hydrogen-bond donors (Lipinski definition) is 2. The molecule has 0 aliphatic carbocycles. The molecule has 0 saturated carbocycles. The summed E-state index contributed by atoms with van der Waals surface area (Å²) in [6.07, 6.45) is 1.02. The van der Waals surface area contributed by atoms with Crippen LogP contribution in [0, 0.1) is 0 Å². The van der Waals surface area contributed by atoms with Gasteiger partial charge in [-0.1, -0.05) is 47.6 Å². The highest BCUT2D eigenvalue weighted by atomic mass is 16.5. The molecule has 0 aliphatic heterocycles. The molecule has 2 aromatic carbocycles. The third kappa shape index (κ3) is 4.95. The van der Waals surface area contributed by atoms with Gasteiger partial charge in [0, 0.05) is 0 Å². The first-order chi connectivity index (χ1) is 13.5. The number of aliphatic hydroxyl groups is 1. The van der Waals surface area contributed by atoms with Gasteiger partial charge in [0.1, 0.15) is 11.4 Å². The predicted octanol–water partition coefficient (Wildman–Crippen LogP) is 3.10. The van der Waals surface area contributed by atoms with E-state index in [0.29, 0.717) is 24.3 Å². The molecule has 0 fully saturated rings. The fourth-order valence-corrected chi connectivity index (χ4v) is 2.77. The predicted molar refractivity (Wildman–Crippen MR) is 104 cm³/mol. The number of carbonyl (C=O) groups is 1. The highest BCUT2D eigenvalue weighted by molar-refractivity contribution is 5.93. The second-order valence-electron chi connectivity index (χ2n) is 6.70. The van der Waals surface area contributed by atoms with Gasteiger partial charge >= 0.3 is 0 Å². The molecule has 3 aromatic rings. The monoisotopic (exact) mass is 381 g/mol. The van der Waals surface area contributed by atoms with E-state index in [1.807, 2.05) is 36.4 Å². The molecule has 1 heterocycles. The van der Waals surface area contributed by atoms with Crippen molar-refractivity contribution in [2.45, 2.75) is 31.8 Å². The number of benzene rings is 2. The molecule has 0 aliphatic rings. The van der Waals surface area contributed by atoms with Crippen molar-refractivity contribution in [2.24, 2.45) is 0 Å². The number of aryl methyl sites for hydroxylation is 1. The Bertz CT molecular complexity index is 922. The number of para-hydroxylation sites is 2. The van der Waals surface area contributed by atoms with E-state index < -0.39 is 5.60 Å². The molecule has 1 aromatic heterocycles. The molecule has 1 unspecified atom stereocenters. The van der Waals surface area contributed by atoms with Crippen molar-refractivity contribution in [1.29, 1.82) is 0 Å². The van der Waals surface area contributed by atoms with Gasteiger partial charge in [-0.3, -0.25) is 4.79 Å². The fraction of sp³-hybridized carbons (Fsp3) is 0.286. The van der Waals surface area contributed by atoms with Gasteiger partial charge in [0.2, 0.25) is 5.91 Å². The van der Waals surface area contributed by atoms with Crippen LogP contribution in [0.2, 0.25) is 0 Å². The highest BCUT2D eigenvalue weighted by Gasteiger charge is 2.30. The molecule has 1 amide bonds. The number of carbonyl (C=O) groups excluding carboxylic acids is 1. The molecular weight excluding hydrogens is 358 g/mol. The number of rotatable bonds is 8. The lowest BCUT2D eigenvalue weighted by atomic mass is 9.97. The normalized spacial score (nSPS) is 13.0. The van der Waals surface area contributed by atoms with E-state index in [0.717, 1.165) is 5.56 Å². The van der Waals surface area contributed by atoms with E-state index >= 15 is 0 Å². The zero-order valence-electron chi connectivity index (χ0n) is 15.9. The average Bonchev–Trinajstić information content (AvgIpc) is 3.17. The molecule has 146 valence electrons. The van der Waals surface area contributed by atoms with Crippen LogP contribution in [-0.4, -0.2) is 28.3 Å². The van der Waals surface area contributed by atoms with Crippen molar-refractivity contribution >= 4 is 11.6 Å². The van der Waals surface area contributed by atoms with Crippen molar-refractivity contribution in [3.05, 3.63) is 71.9 Å². The summed E-state index contributed by atoms with van der Waals surface area (Å²) < 4.78 is 10.4. The summed E-state index contributed by atoms with van der Waals surface area (Å²) in [5.74, 6) is 0.570. The Labute approximate surface area is 163 Å². The molecule has 0 bridgehead atoms. The van der Waals surface area contributed by atoms with Gasteiger partial charge in [0.05, 0.1) is 19.2 Å². The summed E-state index contributed by atoms with van der Waals surface area (Å²) in [5.41, 5.74) is 0.396. The minimum atomic E-state index is -1.28. The van der Waals surface area contributed by atoms with E-state index in [9.17, 15) is 9.90 Å². The molecule has 1 atom stereocenters. The second-order valence-corrected chi connectivity index (χ2v) is 6.70. The zero-order chi connectivity index (χ0) is 20.0. The summed E-state index contributed by atoms with van der Waals surface area (Å²) in [4.78, 5) is 16.5. The minimum absolute atomic E-state index is 0.0731. The largest absolute Gasteiger partial charge is 0.495 e. The summed E-state index contributed by atoms with van der Waals surface area (Å²) in [6.45, 7) is 1.63. The van der Waals surface area contributed by atoms with E-state index in [1.165, 1.54) is 7.11 Å². The van der Waals surface area contributed by atoms with Crippen molar-refractivity contribution in [2.75, 3.05) is 12.4 Å². The number of hydrogen-bond acceptors (Lipinski definition) is 6. The molecule has 7 heteroatoms. The summed E-state index contributed by atoms with van der Waals surface area (Å²) in [5, 5.41) is 17.3. The quantitative estimate of drug-likeness (QED) is 0.622. The first-order valence-electron chi connectivity index (χ1n) is 9.00. The van der Waals surface area contributed by atoms with Crippen LogP contribution in [0.1, 0.15) is 30.6 Å². The van der Waals surface area contributed by atoms with E-state index in [1.54, 1.807) is 25.1 Å². The maximum atomic E-state index is 12.3. The van der Waals surface area contributed by atoms with Gasteiger partial charge in [0.15, 0.2) is 5.82 Å². The Morgan fingerprint density at radius 3 is 2.64 bits per heavy atom. The Hall–Kier alpha value is -3.19. The lowest BCUT2D eigenvalue weighted by molar-refractivity contribution is -0.115. The van der Waals surface area contributed by atoms with Crippen LogP contribution < -0.4 is 10.1 Å². The van der Waals surface area contributed by atoms with Crippen molar-refractivity contribution in [3.8, 4) is 5.75 Å². The summed E-state index contributed by atoms with van der Waals surface area (Å²) >= 11 is 0. The molecule has 2 N–H and O–H groups in total. The van der Waals surface area contributed by atoms with Crippen LogP contribution in [0.5, 0.6) is 5.75 Å². The van der Waals surface area contributed by atoms with Crippen LogP contribution in [0.3, 0.4) is 0 Å². The molecule has 0 radical (unpaired) electrons. The van der Waals surface area contributed by atoms with Crippen LogP contribution >= 0.6 is 0 Å². The first kappa shape index (κ1) is 19.6. The smallest absolute Gasteiger partial charge is 0.258 e. The lowest BCUT2D eigenvalue weighted by Crippen LogP contribution is -2.23. The summed E-state index contributed by atoms with van der Waals surface area (Å²) in [6, 6.07) is 17.0. The Kier molecular flexibility index (Phi) is 6.06. The maximum absolute atomic E-state index is 12.3. The van der Waals surface area contributed by atoms with Gasteiger partial charge in [-0.2, -0.15) is 4.98 Å². The number of methoxy groups -OCH3 is 1. The van der Waals surface area contributed by atoms with Crippen LogP contribution in [0.15, 0.2) is 59.1 Å². The second kappa shape index (κ2) is 8.67. The lowest BCUT2D eigenvalue weighted by Gasteiger charge is -2.18. The number of amides is 1. The zero-order valence-corrected chi connectivity index (χ0v) is 15.9. The van der Waals surface area contributed by atoms with E-state index in [2.05, 4.69) is 15.5 Å². The molecule has 3 rings (SSSR count). The van der Waals surface area contributed by atoms with Gasteiger partial charge in [0.25, 0.3) is 5.89 Å². The van der Waals surface area contributed by atoms with Crippen LogP contribution in [0.25, 0.3) is 0 Å². The van der Waals surface area contributed by atoms with E-state index in [-0.39, 0.29) is 24.0 Å². The van der Waals surface area contributed by atoms with Gasteiger partial charge in [-0.05, 0) is 37.5 Å². The molecular formula is C21H23N3O4. The number of aromatic nitrogens is 2. The van der Waals surface area contributed by atoms with Gasteiger partial charge in [-0.15, -0.1) is 0 Å². The number of nitrogens with zero attached hydrogens (tertiary/aromatic N) is 2. The average molecular weight is 381 g/mol. The van der Waals surface area contributed by atoms with Crippen molar-refractivity contribution in [3.63, 3.8) is 0 Å². The first-order valence-corrected chi connectivity index (χ1v) is 9.00. The Balaban J connectivity index is 1.60. The Morgan fingerprint density at radius 1 is 1.18 bits per heavy atom. The van der Waals surface area contributed by atoms with E-state index in [4.69, 9.17) is 9.26 Å². The third-order valence-electron chi connectivity index (χ3n) is 4.37. The number of anilines is 1. The third-order valence-corrected chi connectivity index (χ3v) is 4.37. The van der Waals surface area contributed by atoms with Crippen molar-refractivity contribution in [1.82, 2.24) is 10.1 Å².